The number of nitrogens with one attached hydrogen (secondary N) is 1. The van der Waals surface area contributed by atoms with Gasteiger partial charge in [0.25, 0.3) is 0 Å². The van der Waals surface area contributed by atoms with Gasteiger partial charge in [0, 0.05) is 43.6 Å². The van der Waals surface area contributed by atoms with Crippen molar-refractivity contribution < 1.29 is 9.53 Å². The van der Waals surface area contributed by atoms with E-state index in [1.54, 1.807) is 11.3 Å². The molecule has 0 unspecified atom stereocenters. The molecule has 3 aliphatic rings. The average molecular weight is 335 g/mol. The largest absolute Gasteiger partial charge is 0.377 e. The van der Waals surface area contributed by atoms with Crippen molar-refractivity contribution in [3.8, 4) is 0 Å². The lowest BCUT2D eigenvalue weighted by atomic mass is 9.82. The van der Waals surface area contributed by atoms with Crippen molar-refractivity contribution in [3.05, 3.63) is 16.1 Å². The Labute approximate surface area is 141 Å². The molecule has 5 nitrogen and oxygen atoms in total. The monoisotopic (exact) mass is 335 g/mol. The topological polar surface area (TPSA) is 54.5 Å². The number of likely N-dealkylation sites (tertiary alicyclic amines) is 1. The zero-order chi connectivity index (χ0) is 15.8. The van der Waals surface area contributed by atoms with Crippen LogP contribution in [0.15, 0.2) is 5.51 Å². The quantitative estimate of drug-likeness (QED) is 0.892. The summed E-state index contributed by atoms with van der Waals surface area (Å²) >= 11 is 1.71. The van der Waals surface area contributed by atoms with Gasteiger partial charge in [0.05, 0.1) is 23.2 Å². The Kier molecular flexibility index (Phi) is 4.39. The molecule has 1 N–H and O–H groups in total. The maximum absolute atomic E-state index is 12.7. The van der Waals surface area contributed by atoms with E-state index in [2.05, 4.69) is 22.1 Å². The Morgan fingerprint density at radius 1 is 1.43 bits per heavy atom. The fourth-order valence-corrected chi connectivity index (χ4v) is 4.66. The van der Waals surface area contributed by atoms with E-state index in [0.717, 1.165) is 50.8 Å². The van der Waals surface area contributed by atoms with Crippen LogP contribution in [0, 0.1) is 24.7 Å². The average Bonchev–Trinajstić information content (AvgIpc) is 3.11. The Morgan fingerprint density at radius 2 is 2.30 bits per heavy atom. The van der Waals surface area contributed by atoms with Crippen LogP contribution in [0.5, 0.6) is 0 Å². The summed E-state index contributed by atoms with van der Waals surface area (Å²) in [7, 11) is 0. The summed E-state index contributed by atoms with van der Waals surface area (Å²) in [6, 6.07) is 0. The van der Waals surface area contributed by atoms with Crippen LogP contribution >= 0.6 is 11.3 Å². The first-order valence-corrected chi connectivity index (χ1v) is 9.59. The SMILES string of the molecule is Cc1ncsc1CN1C[C@@H]2OCC[C@@H]2[C@H](C(=O)NCC2CC2)C1. The first-order chi connectivity index (χ1) is 11.2. The standard InChI is InChI=1S/C17H25N3O2S/c1-11-16(23-10-19-11)9-20-7-14(13-4-5-22-15(13)8-20)17(21)18-6-12-2-3-12/h10,12-15H,2-9H2,1H3,(H,18,21)/t13-,14-,15+/m1/s1. The summed E-state index contributed by atoms with van der Waals surface area (Å²) in [6.45, 7) is 6.39. The third-order valence-electron chi connectivity index (χ3n) is 5.48. The highest BCUT2D eigenvalue weighted by molar-refractivity contribution is 7.09. The number of hydrogen-bond acceptors (Lipinski definition) is 5. The van der Waals surface area contributed by atoms with E-state index in [1.165, 1.54) is 17.7 Å². The highest BCUT2D eigenvalue weighted by Crippen LogP contribution is 2.35. The van der Waals surface area contributed by atoms with E-state index in [9.17, 15) is 4.79 Å². The molecule has 126 valence electrons. The van der Waals surface area contributed by atoms with Crippen LogP contribution in [-0.2, 0) is 16.1 Å². The lowest BCUT2D eigenvalue weighted by molar-refractivity contribution is -0.131. The van der Waals surface area contributed by atoms with Crippen LogP contribution in [-0.4, -0.2) is 48.1 Å². The van der Waals surface area contributed by atoms with Crippen molar-refractivity contribution in [2.45, 2.75) is 38.8 Å². The third-order valence-corrected chi connectivity index (χ3v) is 6.40. The minimum Gasteiger partial charge on any atom is -0.377 e. The first kappa shape index (κ1) is 15.5. The molecular weight excluding hydrogens is 310 g/mol. The molecule has 3 fully saturated rings. The number of fused-ring (bicyclic) bond motifs is 1. The highest BCUT2D eigenvalue weighted by Gasteiger charge is 2.44. The number of ether oxygens (including phenoxy) is 1. The van der Waals surface area contributed by atoms with Gasteiger partial charge in [-0.15, -0.1) is 11.3 Å². The maximum atomic E-state index is 12.7. The van der Waals surface area contributed by atoms with Crippen LogP contribution in [0.2, 0.25) is 0 Å². The number of rotatable bonds is 5. The van der Waals surface area contributed by atoms with Gasteiger partial charge >= 0.3 is 0 Å². The molecule has 1 saturated carbocycles. The van der Waals surface area contributed by atoms with Crippen LogP contribution in [0.1, 0.15) is 29.8 Å². The maximum Gasteiger partial charge on any atom is 0.224 e. The van der Waals surface area contributed by atoms with E-state index in [1.807, 2.05) is 5.51 Å². The van der Waals surface area contributed by atoms with Crippen LogP contribution < -0.4 is 5.32 Å². The van der Waals surface area contributed by atoms with Gasteiger partial charge in [0.15, 0.2) is 0 Å². The minimum absolute atomic E-state index is 0.0724. The van der Waals surface area contributed by atoms with Gasteiger partial charge in [-0.2, -0.15) is 0 Å². The summed E-state index contributed by atoms with van der Waals surface area (Å²) < 4.78 is 5.92. The molecule has 0 bridgehead atoms. The third kappa shape index (κ3) is 3.44. The van der Waals surface area contributed by atoms with E-state index in [0.29, 0.717) is 5.92 Å². The van der Waals surface area contributed by atoms with Gasteiger partial charge in [-0.3, -0.25) is 9.69 Å². The van der Waals surface area contributed by atoms with Gasteiger partial charge in [0.2, 0.25) is 5.91 Å². The Morgan fingerprint density at radius 3 is 3.04 bits per heavy atom. The van der Waals surface area contributed by atoms with E-state index < -0.39 is 0 Å². The Balaban J connectivity index is 1.43. The zero-order valence-electron chi connectivity index (χ0n) is 13.7. The Hall–Kier alpha value is -0.980. The molecule has 0 radical (unpaired) electrons. The molecule has 1 aliphatic carbocycles. The second kappa shape index (κ2) is 6.49. The number of carbonyl (C=O) groups excluding carboxylic acids is 1. The van der Waals surface area contributed by atoms with Crippen molar-refractivity contribution in [1.29, 1.82) is 0 Å². The molecule has 6 heteroatoms. The molecule has 3 heterocycles. The molecule has 2 aliphatic heterocycles. The van der Waals surface area contributed by atoms with Gasteiger partial charge in [-0.25, -0.2) is 4.98 Å². The normalized spacial score (nSPS) is 31.1. The summed E-state index contributed by atoms with van der Waals surface area (Å²) in [5.41, 5.74) is 3.02. The number of piperidine rings is 1. The second-order valence-corrected chi connectivity index (χ2v) is 8.15. The summed E-state index contributed by atoms with van der Waals surface area (Å²) in [4.78, 5) is 20.7. The molecule has 1 aromatic rings. The summed E-state index contributed by atoms with van der Waals surface area (Å²) in [5.74, 6) is 1.44. The van der Waals surface area contributed by atoms with Crippen LogP contribution in [0.25, 0.3) is 0 Å². The number of nitrogens with zero attached hydrogens (tertiary/aromatic N) is 2. The lowest BCUT2D eigenvalue weighted by Gasteiger charge is -2.39. The molecule has 0 spiro atoms. The number of aryl methyl sites for hydroxylation is 1. The molecule has 2 saturated heterocycles. The molecule has 4 rings (SSSR count). The van der Waals surface area contributed by atoms with Gasteiger partial charge < -0.3 is 10.1 Å². The number of hydrogen-bond donors (Lipinski definition) is 1. The smallest absolute Gasteiger partial charge is 0.224 e. The summed E-state index contributed by atoms with van der Waals surface area (Å²) in [5, 5.41) is 3.19. The van der Waals surface area contributed by atoms with Gasteiger partial charge in [-0.1, -0.05) is 0 Å². The number of thiazole rings is 1. The van der Waals surface area contributed by atoms with Crippen molar-refractivity contribution in [1.82, 2.24) is 15.2 Å². The van der Waals surface area contributed by atoms with Gasteiger partial charge in [0.1, 0.15) is 0 Å². The first-order valence-electron chi connectivity index (χ1n) is 8.71. The lowest BCUT2D eigenvalue weighted by Crippen LogP contribution is -2.52. The second-order valence-electron chi connectivity index (χ2n) is 7.21. The number of amides is 1. The van der Waals surface area contributed by atoms with Crippen LogP contribution in [0.4, 0.5) is 0 Å². The fourth-order valence-electron chi connectivity index (χ4n) is 3.84. The van der Waals surface area contributed by atoms with E-state index in [4.69, 9.17) is 4.74 Å². The molecule has 0 aromatic carbocycles. The minimum atomic E-state index is 0.0724. The molecule has 23 heavy (non-hydrogen) atoms. The number of carbonyl (C=O) groups is 1. The molecular formula is C17H25N3O2S. The van der Waals surface area contributed by atoms with Crippen molar-refractivity contribution in [2.75, 3.05) is 26.2 Å². The fraction of sp³-hybridized carbons (Fsp3) is 0.765. The summed E-state index contributed by atoms with van der Waals surface area (Å²) in [6.07, 6.45) is 3.79. The number of aromatic nitrogens is 1. The van der Waals surface area contributed by atoms with E-state index >= 15 is 0 Å². The molecule has 1 amide bonds. The van der Waals surface area contributed by atoms with Gasteiger partial charge in [-0.05, 0) is 32.1 Å². The van der Waals surface area contributed by atoms with Crippen LogP contribution in [0.3, 0.4) is 0 Å². The predicted molar refractivity (Wildman–Crippen MR) is 89.2 cm³/mol. The highest BCUT2D eigenvalue weighted by atomic mass is 32.1. The molecule has 3 atom stereocenters. The van der Waals surface area contributed by atoms with Crippen molar-refractivity contribution in [2.24, 2.45) is 17.8 Å². The molecule has 1 aromatic heterocycles. The van der Waals surface area contributed by atoms with E-state index in [-0.39, 0.29) is 17.9 Å². The predicted octanol–water partition coefficient (Wildman–Crippen LogP) is 1.81. The van der Waals surface area contributed by atoms with Crippen molar-refractivity contribution >= 4 is 17.2 Å². The Bertz CT molecular complexity index is 572. The zero-order valence-corrected chi connectivity index (χ0v) is 14.5. The van der Waals surface area contributed by atoms with Crippen molar-refractivity contribution in [3.63, 3.8) is 0 Å².